The van der Waals surface area contributed by atoms with Crippen molar-refractivity contribution in [1.82, 2.24) is 4.98 Å². The molecule has 0 unspecified atom stereocenters. The van der Waals surface area contributed by atoms with Crippen LogP contribution in [-0.2, 0) is 4.74 Å². The Morgan fingerprint density at radius 3 is 2.26 bits per heavy atom. The Morgan fingerprint density at radius 2 is 1.74 bits per heavy atom. The van der Waals surface area contributed by atoms with Gasteiger partial charge in [-0.05, 0) is 44.5 Å². The van der Waals surface area contributed by atoms with Crippen LogP contribution < -0.4 is 0 Å². The molecule has 138 valence electrons. The Kier molecular flexibility index (Phi) is 5.93. The normalized spacial score (nSPS) is 11.0. The first kappa shape index (κ1) is 19.7. The van der Waals surface area contributed by atoms with Gasteiger partial charge in [0.25, 0.3) is 0 Å². The number of nitrogens with zero attached hydrogens (tertiary/aromatic N) is 1. The number of nitriles is 1. The second-order valence-corrected chi connectivity index (χ2v) is 5.77. The number of carboxylic acid groups (broad SMARTS) is 1. The summed E-state index contributed by atoms with van der Waals surface area (Å²) < 4.78 is 5.01. The van der Waals surface area contributed by atoms with Gasteiger partial charge in [-0.3, -0.25) is 4.79 Å². The molecular weight excluding hydrogens is 348 g/mol. The van der Waals surface area contributed by atoms with Crippen molar-refractivity contribution in [3.05, 3.63) is 63.5 Å². The number of ketones is 1. The van der Waals surface area contributed by atoms with E-state index in [1.807, 2.05) is 6.07 Å². The number of ether oxygens (including phenoxy) is 1. The number of nitrogens with one attached hydrogen (secondary N) is 1. The fourth-order valence-corrected chi connectivity index (χ4v) is 2.70. The maximum Gasteiger partial charge on any atom is 0.340 e. The second kappa shape index (κ2) is 8.15. The van der Waals surface area contributed by atoms with Gasteiger partial charge in [0.05, 0.1) is 23.3 Å². The summed E-state index contributed by atoms with van der Waals surface area (Å²) in [5, 5.41) is 18.4. The molecule has 0 aliphatic heterocycles. The van der Waals surface area contributed by atoms with E-state index in [1.165, 1.54) is 30.3 Å². The van der Waals surface area contributed by atoms with Crippen molar-refractivity contribution < 1.29 is 24.2 Å². The Balaban J connectivity index is 2.47. The molecule has 1 aromatic carbocycles. The monoisotopic (exact) mass is 366 g/mol. The summed E-state index contributed by atoms with van der Waals surface area (Å²) in [6.45, 7) is 5.11. The molecule has 0 aliphatic rings. The highest BCUT2D eigenvalue weighted by Gasteiger charge is 2.27. The van der Waals surface area contributed by atoms with Crippen molar-refractivity contribution in [2.24, 2.45) is 0 Å². The van der Waals surface area contributed by atoms with Gasteiger partial charge in [-0.2, -0.15) is 5.26 Å². The fourth-order valence-electron chi connectivity index (χ4n) is 2.70. The number of aromatic amines is 1. The summed E-state index contributed by atoms with van der Waals surface area (Å²) in [4.78, 5) is 39.0. The Bertz CT molecular complexity index is 975. The summed E-state index contributed by atoms with van der Waals surface area (Å²) in [5.41, 5.74) is 1.57. The van der Waals surface area contributed by atoms with Crippen LogP contribution in [0.1, 0.15) is 54.9 Å². The molecule has 0 saturated heterocycles. The van der Waals surface area contributed by atoms with Crippen LogP contribution in [0.25, 0.3) is 6.08 Å². The van der Waals surface area contributed by atoms with E-state index in [1.54, 1.807) is 20.8 Å². The van der Waals surface area contributed by atoms with Crippen molar-refractivity contribution >= 4 is 23.8 Å². The standard InChI is InChI=1S/C20H18N2O5/c1-4-27-20(26)17-12(3)22-11(2)16(17)18(23)15(10-21)9-13-5-7-14(8-6-13)19(24)25/h5-9,22H,4H2,1-3H3,(H,24,25)/b15-9+. The summed E-state index contributed by atoms with van der Waals surface area (Å²) in [6, 6.07) is 7.60. The highest BCUT2D eigenvalue weighted by molar-refractivity contribution is 6.19. The second-order valence-electron chi connectivity index (χ2n) is 5.77. The number of carbonyl (C=O) groups excluding carboxylic acids is 2. The van der Waals surface area contributed by atoms with Gasteiger partial charge in [0.15, 0.2) is 0 Å². The first-order valence-corrected chi connectivity index (χ1v) is 8.16. The van der Waals surface area contributed by atoms with Crippen LogP contribution in [0.3, 0.4) is 0 Å². The number of carbonyl (C=O) groups is 3. The lowest BCUT2D eigenvalue weighted by molar-refractivity contribution is 0.0522. The summed E-state index contributed by atoms with van der Waals surface area (Å²) >= 11 is 0. The van der Waals surface area contributed by atoms with Crippen LogP contribution >= 0.6 is 0 Å². The van der Waals surface area contributed by atoms with Gasteiger partial charge in [-0.15, -0.1) is 0 Å². The molecule has 0 amide bonds. The minimum Gasteiger partial charge on any atom is -0.478 e. The lowest BCUT2D eigenvalue weighted by atomic mass is 9.97. The van der Waals surface area contributed by atoms with E-state index in [0.29, 0.717) is 17.0 Å². The first-order valence-electron chi connectivity index (χ1n) is 8.16. The third-order valence-corrected chi connectivity index (χ3v) is 3.92. The van der Waals surface area contributed by atoms with Gasteiger partial charge in [-0.1, -0.05) is 12.1 Å². The van der Waals surface area contributed by atoms with Crippen molar-refractivity contribution in [3.63, 3.8) is 0 Å². The van der Waals surface area contributed by atoms with E-state index in [9.17, 15) is 19.6 Å². The number of allylic oxidation sites excluding steroid dienone is 1. The van der Waals surface area contributed by atoms with E-state index in [4.69, 9.17) is 9.84 Å². The zero-order valence-electron chi connectivity index (χ0n) is 15.1. The number of aromatic nitrogens is 1. The SMILES string of the molecule is CCOC(=O)c1c(C)[nH]c(C)c1C(=O)/C(C#N)=C/c1ccc(C(=O)O)cc1. The molecule has 1 aromatic heterocycles. The molecule has 27 heavy (non-hydrogen) atoms. The van der Waals surface area contributed by atoms with Crippen molar-refractivity contribution in [2.45, 2.75) is 20.8 Å². The molecule has 0 saturated carbocycles. The van der Waals surface area contributed by atoms with Crippen molar-refractivity contribution in [2.75, 3.05) is 6.61 Å². The van der Waals surface area contributed by atoms with E-state index in [2.05, 4.69) is 4.98 Å². The molecular formula is C20H18N2O5. The van der Waals surface area contributed by atoms with Crippen LogP contribution in [-0.4, -0.2) is 34.4 Å². The van der Waals surface area contributed by atoms with Gasteiger partial charge in [0.2, 0.25) is 5.78 Å². The van der Waals surface area contributed by atoms with E-state index in [-0.39, 0.29) is 28.9 Å². The van der Waals surface area contributed by atoms with Crippen molar-refractivity contribution in [1.29, 1.82) is 5.26 Å². The molecule has 2 rings (SSSR count). The number of rotatable bonds is 6. The predicted octanol–water partition coefficient (Wildman–Crippen LogP) is 3.30. The first-order chi connectivity index (χ1) is 12.8. The molecule has 1 heterocycles. The lowest BCUT2D eigenvalue weighted by Crippen LogP contribution is -2.13. The number of Topliss-reactive ketones (excluding diaryl/α,β-unsaturated/α-hetero) is 1. The Morgan fingerprint density at radius 1 is 1.15 bits per heavy atom. The van der Waals surface area contributed by atoms with Crippen LogP contribution in [0.2, 0.25) is 0 Å². The average Bonchev–Trinajstić information content (AvgIpc) is 2.93. The smallest absolute Gasteiger partial charge is 0.340 e. The third kappa shape index (κ3) is 4.12. The average molecular weight is 366 g/mol. The largest absolute Gasteiger partial charge is 0.478 e. The summed E-state index contributed by atoms with van der Waals surface area (Å²) in [6.07, 6.45) is 1.35. The maximum atomic E-state index is 12.9. The van der Waals surface area contributed by atoms with Crippen LogP contribution in [0.15, 0.2) is 29.8 Å². The quantitative estimate of drug-likeness (QED) is 0.350. The topological polar surface area (TPSA) is 120 Å². The number of aryl methyl sites for hydroxylation is 2. The minimum absolute atomic E-state index is 0.0960. The summed E-state index contributed by atoms with van der Waals surface area (Å²) in [7, 11) is 0. The lowest BCUT2D eigenvalue weighted by Gasteiger charge is -2.05. The van der Waals surface area contributed by atoms with Crippen molar-refractivity contribution in [3.8, 4) is 6.07 Å². The number of carboxylic acids is 1. The number of aromatic carboxylic acids is 1. The number of H-pyrrole nitrogens is 1. The Labute approximate surface area is 155 Å². The van der Waals surface area contributed by atoms with Crippen LogP contribution in [0.5, 0.6) is 0 Å². The highest BCUT2D eigenvalue weighted by Crippen LogP contribution is 2.23. The Hall–Kier alpha value is -3.66. The molecule has 7 nitrogen and oxygen atoms in total. The molecule has 0 atom stereocenters. The fraction of sp³-hybridized carbons (Fsp3) is 0.200. The van der Waals surface area contributed by atoms with Gasteiger partial charge in [0, 0.05) is 11.4 Å². The number of hydrogen-bond donors (Lipinski definition) is 2. The van der Waals surface area contributed by atoms with Gasteiger partial charge < -0.3 is 14.8 Å². The molecule has 0 bridgehead atoms. The number of esters is 1. The summed E-state index contributed by atoms with van der Waals surface area (Å²) in [5.74, 6) is -2.31. The van der Waals surface area contributed by atoms with Gasteiger partial charge >= 0.3 is 11.9 Å². The van der Waals surface area contributed by atoms with Crippen LogP contribution in [0.4, 0.5) is 0 Å². The third-order valence-electron chi connectivity index (χ3n) is 3.92. The van der Waals surface area contributed by atoms with E-state index < -0.39 is 17.7 Å². The molecule has 0 aliphatic carbocycles. The van der Waals surface area contributed by atoms with Gasteiger partial charge in [0.1, 0.15) is 11.6 Å². The number of benzene rings is 1. The molecule has 0 spiro atoms. The molecule has 0 fully saturated rings. The van der Waals surface area contributed by atoms with Crippen LogP contribution in [0, 0.1) is 25.2 Å². The minimum atomic E-state index is -1.07. The zero-order chi connectivity index (χ0) is 20.1. The predicted molar refractivity (Wildman–Crippen MR) is 97.5 cm³/mol. The molecule has 7 heteroatoms. The molecule has 2 N–H and O–H groups in total. The van der Waals surface area contributed by atoms with E-state index >= 15 is 0 Å². The number of hydrogen-bond acceptors (Lipinski definition) is 5. The maximum absolute atomic E-state index is 12.9. The zero-order valence-corrected chi connectivity index (χ0v) is 15.1. The van der Waals surface area contributed by atoms with E-state index in [0.717, 1.165) is 0 Å². The van der Waals surface area contributed by atoms with Gasteiger partial charge in [-0.25, -0.2) is 9.59 Å². The molecule has 0 radical (unpaired) electrons. The highest BCUT2D eigenvalue weighted by atomic mass is 16.5. The molecule has 2 aromatic rings.